The summed E-state index contributed by atoms with van der Waals surface area (Å²) in [6.45, 7) is 0. The first-order chi connectivity index (χ1) is 19.8. The van der Waals surface area contributed by atoms with Gasteiger partial charge in [-0.25, -0.2) is 9.67 Å². The average molecular weight is 515 g/mol. The Kier molecular flexibility index (Phi) is 6.11. The van der Waals surface area contributed by atoms with E-state index in [-0.39, 0.29) is 0 Å². The first kappa shape index (κ1) is 23.6. The Morgan fingerprint density at radius 1 is 0.450 bits per heavy atom. The van der Waals surface area contributed by atoms with Crippen molar-refractivity contribution < 1.29 is 0 Å². The van der Waals surface area contributed by atoms with Gasteiger partial charge in [-0.05, 0) is 65.4 Å². The van der Waals surface area contributed by atoms with Crippen LogP contribution in [0, 0.1) is 0 Å². The molecule has 0 amide bonds. The van der Waals surface area contributed by atoms with Crippen LogP contribution < -0.4 is 4.90 Å². The van der Waals surface area contributed by atoms with Crippen molar-refractivity contribution in [2.24, 2.45) is 0 Å². The SMILES string of the molecule is c1ccc(-c2nc(-c3ccc4ccccc4c3)n(-c3ccc(N(c4ccccc4)c4ccccc4)cc3)n2)cc1. The van der Waals surface area contributed by atoms with Crippen molar-refractivity contribution in [3.63, 3.8) is 0 Å². The van der Waals surface area contributed by atoms with E-state index in [2.05, 4.69) is 120 Å². The van der Waals surface area contributed by atoms with Crippen LogP contribution in [0.25, 0.3) is 39.2 Å². The molecule has 0 spiro atoms. The number of aromatic nitrogens is 3. The van der Waals surface area contributed by atoms with Crippen LogP contribution >= 0.6 is 0 Å². The fourth-order valence-electron chi connectivity index (χ4n) is 5.06. The van der Waals surface area contributed by atoms with E-state index in [4.69, 9.17) is 10.1 Å². The second kappa shape index (κ2) is 10.4. The maximum absolute atomic E-state index is 5.03. The molecule has 7 aromatic rings. The molecular weight excluding hydrogens is 488 g/mol. The lowest BCUT2D eigenvalue weighted by Gasteiger charge is -2.25. The molecular formula is C36H26N4. The van der Waals surface area contributed by atoms with Crippen molar-refractivity contribution in [1.29, 1.82) is 0 Å². The quantitative estimate of drug-likeness (QED) is 0.222. The number of benzene rings is 6. The minimum absolute atomic E-state index is 0.697. The molecule has 0 unspecified atom stereocenters. The monoisotopic (exact) mass is 514 g/mol. The Morgan fingerprint density at radius 2 is 1.00 bits per heavy atom. The van der Waals surface area contributed by atoms with Crippen LogP contribution in [0.4, 0.5) is 17.1 Å². The van der Waals surface area contributed by atoms with Crippen LogP contribution in [0.5, 0.6) is 0 Å². The number of para-hydroxylation sites is 2. The predicted octanol–water partition coefficient (Wildman–Crippen LogP) is 9.22. The van der Waals surface area contributed by atoms with E-state index in [1.54, 1.807) is 0 Å². The minimum Gasteiger partial charge on any atom is -0.311 e. The number of anilines is 3. The summed E-state index contributed by atoms with van der Waals surface area (Å²) in [6.07, 6.45) is 0. The fourth-order valence-corrected chi connectivity index (χ4v) is 5.06. The van der Waals surface area contributed by atoms with Crippen molar-refractivity contribution in [3.05, 3.63) is 158 Å². The fraction of sp³-hybridized carbons (Fsp3) is 0. The molecule has 0 atom stereocenters. The van der Waals surface area contributed by atoms with Crippen molar-refractivity contribution in [1.82, 2.24) is 14.8 Å². The Labute approximate surface area is 233 Å². The third-order valence-electron chi connectivity index (χ3n) is 7.03. The van der Waals surface area contributed by atoms with Crippen molar-refractivity contribution >= 4 is 27.8 Å². The molecule has 0 aliphatic carbocycles. The second-order valence-electron chi connectivity index (χ2n) is 9.62. The molecule has 0 aliphatic rings. The molecule has 6 aromatic carbocycles. The first-order valence-corrected chi connectivity index (χ1v) is 13.4. The van der Waals surface area contributed by atoms with Gasteiger partial charge in [0.05, 0.1) is 5.69 Å². The van der Waals surface area contributed by atoms with Gasteiger partial charge in [-0.15, -0.1) is 5.10 Å². The molecule has 0 N–H and O–H groups in total. The largest absolute Gasteiger partial charge is 0.311 e. The van der Waals surface area contributed by atoms with Crippen LogP contribution in [-0.2, 0) is 0 Å². The van der Waals surface area contributed by atoms with Gasteiger partial charge in [0.25, 0.3) is 0 Å². The van der Waals surface area contributed by atoms with Crippen molar-refractivity contribution in [2.75, 3.05) is 4.90 Å². The van der Waals surface area contributed by atoms with Crippen molar-refractivity contribution in [2.45, 2.75) is 0 Å². The number of fused-ring (bicyclic) bond motifs is 1. The Morgan fingerprint density at radius 3 is 1.65 bits per heavy atom. The van der Waals surface area contributed by atoms with Gasteiger partial charge in [0.2, 0.25) is 0 Å². The third kappa shape index (κ3) is 4.52. The van der Waals surface area contributed by atoms with Gasteiger partial charge >= 0.3 is 0 Å². The lowest BCUT2D eigenvalue weighted by atomic mass is 10.1. The summed E-state index contributed by atoms with van der Waals surface area (Å²) in [4.78, 5) is 7.28. The molecule has 4 nitrogen and oxygen atoms in total. The number of nitrogens with zero attached hydrogens (tertiary/aromatic N) is 4. The zero-order valence-electron chi connectivity index (χ0n) is 21.8. The van der Waals surface area contributed by atoms with Crippen LogP contribution in [-0.4, -0.2) is 14.8 Å². The molecule has 0 aliphatic heterocycles. The predicted molar refractivity (Wildman–Crippen MR) is 164 cm³/mol. The Bertz CT molecular complexity index is 1840. The standard InChI is InChI=1S/C36H26N4/c1-4-13-28(14-5-1)35-37-36(30-21-20-27-12-10-11-15-29(27)26-30)40(38-35)34-24-22-33(23-25-34)39(31-16-6-2-7-17-31)32-18-8-3-9-19-32/h1-26H. The van der Waals surface area contributed by atoms with Crippen LogP contribution in [0.15, 0.2) is 158 Å². The highest BCUT2D eigenvalue weighted by Gasteiger charge is 2.17. The summed E-state index contributed by atoms with van der Waals surface area (Å²) in [5.41, 5.74) is 6.22. The molecule has 0 saturated carbocycles. The maximum atomic E-state index is 5.03. The van der Waals surface area contributed by atoms with E-state index >= 15 is 0 Å². The molecule has 7 rings (SSSR count). The van der Waals surface area contributed by atoms with E-state index in [1.807, 2.05) is 47.1 Å². The van der Waals surface area contributed by atoms with E-state index in [0.717, 1.165) is 39.7 Å². The van der Waals surface area contributed by atoms with Crippen molar-refractivity contribution in [3.8, 4) is 28.5 Å². The summed E-state index contributed by atoms with van der Waals surface area (Å²) in [5, 5.41) is 7.36. The van der Waals surface area contributed by atoms with E-state index < -0.39 is 0 Å². The summed E-state index contributed by atoms with van der Waals surface area (Å²) in [7, 11) is 0. The number of hydrogen-bond acceptors (Lipinski definition) is 3. The lowest BCUT2D eigenvalue weighted by molar-refractivity contribution is 0.890. The summed E-state index contributed by atoms with van der Waals surface area (Å²) >= 11 is 0. The van der Waals surface area contributed by atoms with E-state index in [1.165, 1.54) is 10.8 Å². The average Bonchev–Trinajstić information content (AvgIpc) is 3.49. The molecule has 40 heavy (non-hydrogen) atoms. The van der Waals surface area contributed by atoms with Gasteiger partial charge in [-0.2, -0.15) is 0 Å². The molecule has 190 valence electrons. The van der Waals surface area contributed by atoms with Crippen LogP contribution in [0.2, 0.25) is 0 Å². The normalized spacial score (nSPS) is 11.0. The number of hydrogen-bond donors (Lipinski definition) is 0. The molecule has 1 heterocycles. The van der Waals surface area contributed by atoms with Gasteiger partial charge in [-0.1, -0.05) is 103 Å². The number of rotatable bonds is 6. The van der Waals surface area contributed by atoms with Gasteiger partial charge in [0.15, 0.2) is 11.6 Å². The summed E-state index contributed by atoms with van der Waals surface area (Å²) < 4.78 is 1.95. The smallest absolute Gasteiger partial charge is 0.182 e. The minimum atomic E-state index is 0.697. The highest BCUT2D eigenvalue weighted by Crippen LogP contribution is 2.35. The Balaban J connectivity index is 1.34. The molecule has 1 aromatic heterocycles. The third-order valence-corrected chi connectivity index (χ3v) is 7.03. The molecule has 0 fully saturated rings. The van der Waals surface area contributed by atoms with Gasteiger partial charge in [-0.3, -0.25) is 0 Å². The Hall–Kier alpha value is -5.48. The molecule has 0 radical (unpaired) electrons. The highest BCUT2D eigenvalue weighted by molar-refractivity contribution is 5.87. The maximum Gasteiger partial charge on any atom is 0.182 e. The van der Waals surface area contributed by atoms with E-state index in [0.29, 0.717) is 5.82 Å². The summed E-state index contributed by atoms with van der Waals surface area (Å²) in [5.74, 6) is 1.50. The molecule has 4 heteroatoms. The van der Waals surface area contributed by atoms with Crippen LogP contribution in [0.1, 0.15) is 0 Å². The second-order valence-corrected chi connectivity index (χ2v) is 9.62. The first-order valence-electron chi connectivity index (χ1n) is 13.4. The van der Waals surface area contributed by atoms with E-state index in [9.17, 15) is 0 Å². The zero-order chi connectivity index (χ0) is 26.7. The topological polar surface area (TPSA) is 34.0 Å². The molecule has 0 bridgehead atoms. The molecule has 0 saturated heterocycles. The van der Waals surface area contributed by atoms with Crippen LogP contribution in [0.3, 0.4) is 0 Å². The summed E-state index contributed by atoms with van der Waals surface area (Å²) in [6, 6.07) is 54.3. The zero-order valence-corrected chi connectivity index (χ0v) is 21.8. The highest BCUT2D eigenvalue weighted by atomic mass is 15.4. The van der Waals surface area contributed by atoms with Gasteiger partial charge in [0.1, 0.15) is 0 Å². The van der Waals surface area contributed by atoms with Gasteiger partial charge in [0, 0.05) is 28.2 Å². The lowest BCUT2D eigenvalue weighted by Crippen LogP contribution is -2.10. The van der Waals surface area contributed by atoms with Gasteiger partial charge < -0.3 is 4.90 Å².